The van der Waals surface area contributed by atoms with Crippen LogP contribution in [0.15, 0.2) is 18.3 Å². The molecule has 2 aromatic rings. The summed E-state index contributed by atoms with van der Waals surface area (Å²) in [6.45, 7) is 0. The van der Waals surface area contributed by atoms with E-state index in [0.29, 0.717) is 11.0 Å². The summed E-state index contributed by atoms with van der Waals surface area (Å²) in [4.78, 5) is 28.9. The zero-order valence-corrected chi connectivity index (χ0v) is 7.65. The predicted molar refractivity (Wildman–Crippen MR) is 53.1 cm³/mol. The van der Waals surface area contributed by atoms with E-state index < -0.39 is 11.8 Å². The standard InChI is InChI=1S/C9H8N4O2/c10-8(14)5-6-4(2-1-3-12-6)13-7(5)9(11)15/h1-3,13H,(H2,10,14)(H2,11,15). The Morgan fingerprint density at radius 1 is 1.27 bits per heavy atom. The van der Waals surface area contributed by atoms with Crippen molar-refractivity contribution in [2.24, 2.45) is 11.5 Å². The van der Waals surface area contributed by atoms with Crippen LogP contribution in [0.2, 0.25) is 0 Å². The first-order valence-corrected chi connectivity index (χ1v) is 4.17. The van der Waals surface area contributed by atoms with E-state index in [1.54, 1.807) is 12.1 Å². The van der Waals surface area contributed by atoms with Crippen molar-refractivity contribution in [3.8, 4) is 0 Å². The summed E-state index contributed by atoms with van der Waals surface area (Å²) in [5.74, 6) is -1.46. The van der Waals surface area contributed by atoms with E-state index in [2.05, 4.69) is 9.97 Å². The second-order valence-corrected chi connectivity index (χ2v) is 3.00. The first-order valence-electron chi connectivity index (χ1n) is 4.17. The Bertz CT molecular complexity index is 558. The van der Waals surface area contributed by atoms with Gasteiger partial charge in [0.2, 0.25) is 0 Å². The van der Waals surface area contributed by atoms with Crippen LogP contribution in [0, 0.1) is 0 Å². The summed E-state index contributed by atoms with van der Waals surface area (Å²) < 4.78 is 0. The third kappa shape index (κ3) is 1.32. The second-order valence-electron chi connectivity index (χ2n) is 3.00. The zero-order chi connectivity index (χ0) is 11.0. The molecular formula is C9H8N4O2. The van der Waals surface area contributed by atoms with Gasteiger partial charge in [0.25, 0.3) is 11.8 Å². The van der Waals surface area contributed by atoms with Gasteiger partial charge in [0.05, 0.1) is 11.1 Å². The first-order chi connectivity index (χ1) is 7.11. The molecule has 0 spiro atoms. The highest BCUT2D eigenvalue weighted by Gasteiger charge is 2.20. The van der Waals surface area contributed by atoms with Crippen molar-refractivity contribution < 1.29 is 9.59 Å². The molecule has 0 aliphatic carbocycles. The lowest BCUT2D eigenvalue weighted by molar-refractivity contribution is 0.0966. The van der Waals surface area contributed by atoms with Gasteiger partial charge in [0.15, 0.2) is 0 Å². The van der Waals surface area contributed by atoms with E-state index in [9.17, 15) is 9.59 Å². The quantitative estimate of drug-likeness (QED) is 0.626. The number of carbonyl (C=O) groups is 2. The van der Waals surface area contributed by atoms with Gasteiger partial charge in [-0.1, -0.05) is 0 Å². The maximum atomic E-state index is 11.2. The minimum atomic E-state index is -0.734. The molecule has 2 heterocycles. The Hall–Kier alpha value is -2.37. The van der Waals surface area contributed by atoms with Crippen molar-refractivity contribution in [2.45, 2.75) is 0 Å². The Morgan fingerprint density at radius 3 is 2.60 bits per heavy atom. The van der Waals surface area contributed by atoms with Crippen molar-refractivity contribution >= 4 is 22.8 Å². The number of hydrogen-bond donors (Lipinski definition) is 3. The topological polar surface area (TPSA) is 115 Å². The lowest BCUT2D eigenvalue weighted by Crippen LogP contribution is -2.19. The number of primary amides is 2. The molecule has 0 fully saturated rings. The maximum absolute atomic E-state index is 11.2. The van der Waals surface area contributed by atoms with Crippen LogP contribution in [0.5, 0.6) is 0 Å². The summed E-state index contributed by atoms with van der Waals surface area (Å²) in [7, 11) is 0. The molecular weight excluding hydrogens is 196 g/mol. The molecule has 0 aliphatic heterocycles. The number of nitrogens with two attached hydrogens (primary N) is 2. The Labute approximate surface area is 84.3 Å². The molecule has 15 heavy (non-hydrogen) atoms. The maximum Gasteiger partial charge on any atom is 0.266 e. The van der Waals surface area contributed by atoms with Crippen molar-refractivity contribution in [1.29, 1.82) is 0 Å². The van der Waals surface area contributed by atoms with Crippen LogP contribution >= 0.6 is 0 Å². The van der Waals surface area contributed by atoms with Crippen LogP contribution in [0.3, 0.4) is 0 Å². The molecule has 5 N–H and O–H groups in total. The molecule has 6 heteroatoms. The molecule has 0 atom stereocenters. The summed E-state index contributed by atoms with van der Waals surface area (Å²) in [5, 5.41) is 0. The monoisotopic (exact) mass is 204 g/mol. The molecule has 6 nitrogen and oxygen atoms in total. The highest BCUT2D eigenvalue weighted by molar-refractivity contribution is 6.13. The fourth-order valence-electron chi connectivity index (χ4n) is 1.45. The number of carbonyl (C=O) groups excluding carboxylic acids is 2. The van der Waals surface area contributed by atoms with E-state index in [1.807, 2.05) is 0 Å². The molecule has 0 aliphatic rings. The molecule has 0 saturated heterocycles. The number of aromatic amines is 1. The Balaban J connectivity index is 2.86. The smallest absolute Gasteiger partial charge is 0.266 e. The summed E-state index contributed by atoms with van der Waals surface area (Å²) >= 11 is 0. The van der Waals surface area contributed by atoms with Gasteiger partial charge in [0, 0.05) is 6.20 Å². The first kappa shape index (κ1) is 9.20. The fourth-order valence-corrected chi connectivity index (χ4v) is 1.45. The molecule has 0 aromatic carbocycles. The van der Waals surface area contributed by atoms with E-state index in [-0.39, 0.29) is 11.3 Å². The van der Waals surface area contributed by atoms with Crippen molar-refractivity contribution in [3.05, 3.63) is 29.6 Å². The minimum absolute atomic E-state index is 0.00352. The van der Waals surface area contributed by atoms with Gasteiger partial charge in [-0.3, -0.25) is 14.6 Å². The van der Waals surface area contributed by atoms with Crippen molar-refractivity contribution in [1.82, 2.24) is 9.97 Å². The number of fused-ring (bicyclic) bond motifs is 1. The van der Waals surface area contributed by atoms with Gasteiger partial charge in [0.1, 0.15) is 11.2 Å². The van der Waals surface area contributed by atoms with Crippen LogP contribution in [0.1, 0.15) is 20.8 Å². The molecule has 2 aromatic heterocycles. The Morgan fingerprint density at radius 2 is 2.00 bits per heavy atom. The normalized spacial score (nSPS) is 10.4. The number of nitrogens with one attached hydrogen (secondary N) is 1. The SMILES string of the molecule is NC(=O)c1[nH]c2cccnc2c1C(N)=O. The van der Waals surface area contributed by atoms with Gasteiger partial charge in [-0.25, -0.2) is 0 Å². The fraction of sp³-hybridized carbons (Fsp3) is 0. The predicted octanol–water partition coefficient (Wildman–Crippen LogP) is -0.239. The molecule has 2 rings (SSSR count). The van der Waals surface area contributed by atoms with E-state index in [4.69, 9.17) is 11.5 Å². The molecule has 0 saturated carbocycles. The van der Waals surface area contributed by atoms with E-state index in [0.717, 1.165) is 0 Å². The number of amides is 2. The van der Waals surface area contributed by atoms with Crippen LogP contribution in [-0.4, -0.2) is 21.8 Å². The van der Waals surface area contributed by atoms with Crippen molar-refractivity contribution in [3.63, 3.8) is 0 Å². The Kier molecular flexibility index (Phi) is 1.89. The molecule has 0 radical (unpaired) electrons. The average molecular weight is 204 g/mol. The number of H-pyrrole nitrogens is 1. The molecule has 76 valence electrons. The summed E-state index contributed by atoms with van der Waals surface area (Å²) in [6.07, 6.45) is 1.51. The van der Waals surface area contributed by atoms with Crippen LogP contribution in [0.4, 0.5) is 0 Å². The second kappa shape index (κ2) is 3.09. The molecule has 0 unspecified atom stereocenters. The lowest BCUT2D eigenvalue weighted by Gasteiger charge is -1.94. The average Bonchev–Trinajstić information content (AvgIpc) is 2.56. The highest BCUT2D eigenvalue weighted by Crippen LogP contribution is 2.19. The third-order valence-corrected chi connectivity index (χ3v) is 2.05. The van der Waals surface area contributed by atoms with Gasteiger partial charge in [-0.15, -0.1) is 0 Å². The number of hydrogen-bond acceptors (Lipinski definition) is 3. The van der Waals surface area contributed by atoms with Gasteiger partial charge in [-0.2, -0.15) is 0 Å². The summed E-state index contributed by atoms with van der Waals surface area (Å²) in [6, 6.07) is 3.36. The molecule has 0 bridgehead atoms. The summed E-state index contributed by atoms with van der Waals surface area (Å²) in [5.41, 5.74) is 11.2. The number of aromatic nitrogens is 2. The van der Waals surface area contributed by atoms with E-state index >= 15 is 0 Å². The van der Waals surface area contributed by atoms with Gasteiger partial charge < -0.3 is 16.5 Å². The van der Waals surface area contributed by atoms with Crippen LogP contribution in [0.25, 0.3) is 11.0 Å². The van der Waals surface area contributed by atoms with Crippen molar-refractivity contribution in [2.75, 3.05) is 0 Å². The lowest BCUT2D eigenvalue weighted by atomic mass is 10.2. The highest BCUT2D eigenvalue weighted by atomic mass is 16.2. The molecule has 2 amide bonds. The largest absolute Gasteiger partial charge is 0.365 e. The number of rotatable bonds is 2. The number of pyridine rings is 1. The number of nitrogens with zero attached hydrogens (tertiary/aromatic N) is 1. The minimum Gasteiger partial charge on any atom is -0.365 e. The van der Waals surface area contributed by atoms with Crippen LogP contribution in [-0.2, 0) is 0 Å². The van der Waals surface area contributed by atoms with Crippen LogP contribution < -0.4 is 11.5 Å². The third-order valence-electron chi connectivity index (χ3n) is 2.05. The van der Waals surface area contributed by atoms with Gasteiger partial charge in [-0.05, 0) is 12.1 Å². The van der Waals surface area contributed by atoms with Gasteiger partial charge >= 0.3 is 0 Å². The zero-order valence-electron chi connectivity index (χ0n) is 7.65. The van der Waals surface area contributed by atoms with E-state index in [1.165, 1.54) is 6.20 Å².